The van der Waals surface area contributed by atoms with Gasteiger partial charge in [0, 0.05) is 50.0 Å². The van der Waals surface area contributed by atoms with Gasteiger partial charge in [0.25, 0.3) is 5.91 Å². The molecule has 1 aromatic carbocycles. The van der Waals surface area contributed by atoms with Crippen molar-refractivity contribution in [1.82, 2.24) is 24.6 Å². The Bertz CT molecular complexity index is 1120. The van der Waals surface area contributed by atoms with E-state index in [0.29, 0.717) is 29.9 Å². The van der Waals surface area contributed by atoms with Crippen molar-refractivity contribution in [2.75, 3.05) is 25.5 Å². The third-order valence-corrected chi connectivity index (χ3v) is 6.06. The van der Waals surface area contributed by atoms with E-state index in [9.17, 15) is 9.18 Å². The minimum absolute atomic E-state index is 0.269. The number of nitrogens with zero attached hydrogens (tertiary/aromatic N) is 5. The second-order valence-corrected chi connectivity index (χ2v) is 8.11. The van der Waals surface area contributed by atoms with Crippen LogP contribution in [0.15, 0.2) is 42.6 Å². The van der Waals surface area contributed by atoms with Crippen molar-refractivity contribution in [2.24, 2.45) is 11.8 Å². The standard InChI is InChI=1S/C22H23FN6O2/c1-31-22-14(4-3-7-24-22)10-28-11-15-8-19-26-27-20(29(19)13-16(15)12-28)21(30)25-18-6-2-5-17(23)9-18/h2-7,9,15-16H,8,10-13H2,1H3,(H,25,30)/t15-,16+/m0/s1. The number of benzene rings is 1. The van der Waals surface area contributed by atoms with Crippen LogP contribution in [0.3, 0.4) is 0 Å². The number of ether oxygens (including phenoxy) is 1. The lowest BCUT2D eigenvalue weighted by atomic mass is 9.89. The number of hydrogen-bond acceptors (Lipinski definition) is 6. The molecule has 0 saturated carbocycles. The fourth-order valence-electron chi connectivity index (χ4n) is 4.64. The highest BCUT2D eigenvalue weighted by Gasteiger charge is 2.39. The predicted molar refractivity (Wildman–Crippen MR) is 111 cm³/mol. The first-order valence-electron chi connectivity index (χ1n) is 10.3. The third kappa shape index (κ3) is 3.88. The van der Waals surface area contributed by atoms with Crippen LogP contribution in [0.1, 0.15) is 22.0 Å². The lowest BCUT2D eigenvalue weighted by Crippen LogP contribution is -2.31. The monoisotopic (exact) mass is 422 g/mol. The first-order chi connectivity index (χ1) is 15.1. The number of rotatable bonds is 5. The second kappa shape index (κ2) is 8.07. The highest BCUT2D eigenvalue weighted by atomic mass is 19.1. The molecule has 4 heterocycles. The van der Waals surface area contributed by atoms with Crippen molar-refractivity contribution in [1.29, 1.82) is 0 Å². The van der Waals surface area contributed by atoms with Gasteiger partial charge in [0.1, 0.15) is 11.6 Å². The number of likely N-dealkylation sites (tertiary alicyclic amines) is 1. The molecule has 5 rings (SSSR count). The zero-order valence-electron chi connectivity index (χ0n) is 17.2. The van der Waals surface area contributed by atoms with E-state index in [1.807, 2.05) is 16.7 Å². The maximum absolute atomic E-state index is 13.4. The molecule has 0 bridgehead atoms. The van der Waals surface area contributed by atoms with Gasteiger partial charge in [-0.2, -0.15) is 0 Å². The van der Waals surface area contributed by atoms with Gasteiger partial charge in [-0.25, -0.2) is 9.37 Å². The van der Waals surface area contributed by atoms with Crippen molar-refractivity contribution in [3.05, 3.63) is 65.6 Å². The van der Waals surface area contributed by atoms with Gasteiger partial charge in [-0.3, -0.25) is 9.69 Å². The van der Waals surface area contributed by atoms with Gasteiger partial charge in [-0.05, 0) is 36.1 Å². The lowest BCUT2D eigenvalue weighted by molar-refractivity contribution is 0.100. The highest BCUT2D eigenvalue weighted by Crippen LogP contribution is 2.34. The van der Waals surface area contributed by atoms with Crippen LogP contribution in [-0.2, 0) is 19.5 Å². The van der Waals surface area contributed by atoms with Crippen LogP contribution in [0.25, 0.3) is 0 Å². The number of fused-ring (bicyclic) bond motifs is 2. The maximum atomic E-state index is 13.4. The van der Waals surface area contributed by atoms with Gasteiger partial charge in [-0.15, -0.1) is 10.2 Å². The van der Waals surface area contributed by atoms with E-state index in [4.69, 9.17) is 4.74 Å². The minimum Gasteiger partial charge on any atom is -0.481 e. The van der Waals surface area contributed by atoms with Crippen LogP contribution in [0, 0.1) is 17.7 Å². The van der Waals surface area contributed by atoms with E-state index in [2.05, 4.69) is 25.4 Å². The summed E-state index contributed by atoms with van der Waals surface area (Å²) < 4.78 is 20.7. The Morgan fingerprint density at radius 2 is 2.06 bits per heavy atom. The first-order valence-corrected chi connectivity index (χ1v) is 10.3. The van der Waals surface area contributed by atoms with E-state index < -0.39 is 5.82 Å². The molecule has 9 heteroatoms. The number of amides is 1. The molecule has 2 aromatic heterocycles. The Morgan fingerprint density at radius 1 is 1.19 bits per heavy atom. The van der Waals surface area contributed by atoms with Crippen LogP contribution >= 0.6 is 0 Å². The maximum Gasteiger partial charge on any atom is 0.293 e. The molecule has 0 aliphatic carbocycles. The Kier molecular flexibility index (Phi) is 5.11. The van der Waals surface area contributed by atoms with Crippen molar-refractivity contribution < 1.29 is 13.9 Å². The fraction of sp³-hybridized carbons (Fsp3) is 0.364. The van der Waals surface area contributed by atoms with Gasteiger partial charge < -0.3 is 14.6 Å². The summed E-state index contributed by atoms with van der Waals surface area (Å²) in [5, 5.41) is 11.1. The quantitative estimate of drug-likeness (QED) is 0.680. The van der Waals surface area contributed by atoms with E-state index in [-0.39, 0.29) is 11.7 Å². The molecule has 2 atom stereocenters. The number of pyridine rings is 1. The third-order valence-electron chi connectivity index (χ3n) is 6.06. The summed E-state index contributed by atoms with van der Waals surface area (Å²) in [6.07, 6.45) is 2.51. The largest absolute Gasteiger partial charge is 0.481 e. The van der Waals surface area contributed by atoms with Crippen molar-refractivity contribution in [3.8, 4) is 5.88 Å². The van der Waals surface area contributed by atoms with Gasteiger partial charge >= 0.3 is 0 Å². The number of nitrogens with one attached hydrogen (secondary N) is 1. The van der Waals surface area contributed by atoms with Gasteiger partial charge in [0.05, 0.1) is 7.11 Å². The van der Waals surface area contributed by atoms with Crippen molar-refractivity contribution in [2.45, 2.75) is 19.5 Å². The average Bonchev–Trinajstić information content (AvgIpc) is 3.35. The van der Waals surface area contributed by atoms with Gasteiger partial charge in [0.15, 0.2) is 0 Å². The number of carbonyl (C=O) groups is 1. The molecule has 8 nitrogen and oxygen atoms in total. The molecular weight excluding hydrogens is 399 g/mol. The summed E-state index contributed by atoms with van der Waals surface area (Å²) in [5.74, 6) is 1.85. The number of carbonyl (C=O) groups excluding carboxylic acids is 1. The molecule has 1 amide bonds. The molecule has 0 radical (unpaired) electrons. The molecule has 160 valence electrons. The number of halogens is 1. The van der Waals surface area contributed by atoms with Crippen LogP contribution in [0.2, 0.25) is 0 Å². The summed E-state index contributed by atoms with van der Waals surface area (Å²) in [4.78, 5) is 19.4. The summed E-state index contributed by atoms with van der Waals surface area (Å²) in [6, 6.07) is 9.78. The number of hydrogen-bond donors (Lipinski definition) is 1. The molecule has 1 fully saturated rings. The zero-order valence-corrected chi connectivity index (χ0v) is 17.2. The van der Waals surface area contributed by atoms with E-state index in [1.54, 1.807) is 25.4 Å². The summed E-state index contributed by atoms with van der Waals surface area (Å²) in [6.45, 7) is 3.35. The normalized spacial score (nSPS) is 20.2. The fourth-order valence-corrected chi connectivity index (χ4v) is 4.64. The number of methoxy groups -OCH3 is 1. The van der Waals surface area contributed by atoms with E-state index in [0.717, 1.165) is 37.4 Å². The topological polar surface area (TPSA) is 85.2 Å². The molecule has 0 spiro atoms. The van der Waals surface area contributed by atoms with Crippen LogP contribution in [0.4, 0.5) is 10.1 Å². The average molecular weight is 422 g/mol. The highest BCUT2D eigenvalue weighted by molar-refractivity contribution is 6.01. The lowest BCUT2D eigenvalue weighted by Gasteiger charge is -2.25. The van der Waals surface area contributed by atoms with E-state index >= 15 is 0 Å². The second-order valence-electron chi connectivity index (χ2n) is 8.11. The summed E-state index contributed by atoms with van der Waals surface area (Å²) in [5.41, 5.74) is 1.46. The smallest absolute Gasteiger partial charge is 0.293 e. The molecule has 1 saturated heterocycles. The Balaban J connectivity index is 1.28. The number of aromatic nitrogens is 4. The van der Waals surface area contributed by atoms with Gasteiger partial charge in [0.2, 0.25) is 11.7 Å². The van der Waals surface area contributed by atoms with Crippen LogP contribution in [-0.4, -0.2) is 50.8 Å². The molecule has 1 N–H and O–H groups in total. The summed E-state index contributed by atoms with van der Waals surface area (Å²) >= 11 is 0. The molecule has 0 unspecified atom stereocenters. The van der Waals surface area contributed by atoms with Gasteiger partial charge in [-0.1, -0.05) is 12.1 Å². The van der Waals surface area contributed by atoms with Crippen molar-refractivity contribution in [3.63, 3.8) is 0 Å². The summed E-state index contributed by atoms with van der Waals surface area (Å²) in [7, 11) is 1.64. The predicted octanol–water partition coefficient (Wildman–Crippen LogP) is 2.38. The minimum atomic E-state index is -0.403. The van der Waals surface area contributed by atoms with E-state index in [1.165, 1.54) is 12.1 Å². The Labute approximate surface area is 179 Å². The Morgan fingerprint density at radius 3 is 2.90 bits per heavy atom. The molecule has 2 aliphatic rings. The number of anilines is 1. The zero-order chi connectivity index (χ0) is 21.4. The SMILES string of the molecule is COc1ncccc1CN1C[C@@H]2Cn3c(nnc3C(=O)Nc3cccc(F)c3)C[C@H]2C1. The molecular formula is C22H23FN6O2. The molecule has 3 aromatic rings. The first kappa shape index (κ1) is 19.6. The molecule has 31 heavy (non-hydrogen) atoms. The Hall–Kier alpha value is -3.33. The van der Waals surface area contributed by atoms with Crippen LogP contribution < -0.4 is 10.1 Å². The molecule has 2 aliphatic heterocycles. The van der Waals surface area contributed by atoms with Crippen LogP contribution in [0.5, 0.6) is 5.88 Å². The van der Waals surface area contributed by atoms with Crippen molar-refractivity contribution >= 4 is 11.6 Å².